The lowest BCUT2D eigenvalue weighted by Gasteiger charge is -2.17. The van der Waals surface area contributed by atoms with Gasteiger partial charge in [-0.15, -0.1) is 11.8 Å². The van der Waals surface area contributed by atoms with Crippen LogP contribution in [0.1, 0.15) is 35.1 Å². The van der Waals surface area contributed by atoms with Crippen molar-refractivity contribution in [3.63, 3.8) is 0 Å². The Hall–Kier alpha value is -2.00. The lowest BCUT2D eigenvalue weighted by molar-refractivity contribution is -0.140. The first-order chi connectivity index (χ1) is 14.2. The number of aliphatic carboxylic acids is 1. The number of allylic oxidation sites excluding steroid dienone is 1. The summed E-state index contributed by atoms with van der Waals surface area (Å²) in [6.07, 6.45) is 2.37. The number of carboxylic acid groups (broad SMARTS) is 1. The first-order valence-electron chi connectivity index (χ1n) is 9.29. The molecule has 2 aromatic rings. The molecule has 0 radical (unpaired) electrons. The third kappa shape index (κ3) is 3.97. The van der Waals surface area contributed by atoms with E-state index in [1.165, 1.54) is 18.9 Å². The highest BCUT2D eigenvalue weighted by Crippen LogP contribution is 2.54. The zero-order valence-electron chi connectivity index (χ0n) is 16.0. The molecule has 0 amide bonds. The Bertz CT molecular complexity index is 1120. The molecule has 30 heavy (non-hydrogen) atoms. The van der Waals surface area contributed by atoms with Crippen molar-refractivity contribution >= 4 is 39.4 Å². The van der Waals surface area contributed by atoms with Crippen molar-refractivity contribution < 1.29 is 23.1 Å². The van der Waals surface area contributed by atoms with Gasteiger partial charge >= 0.3 is 5.97 Å². The molecule has 0 aromatic heterocycles. The van der Waals surface area contributed by atoms with Crippen LogP contribution >= 0.6 is 23.4 Å². The van der Waals surface area contributed by atoms with E-state index in [4.69, 9.17) is 16.3 Å². The number of carbonyl (C=O) groups is 1. The van der Waals surface area contributed by atoms with Crippen molar-refractivity contribution in [2.75, 3.05) is 7.11 Å². The van der Waals surface area contributed by atoms with E-state index in [0.29, 0.717) is 17.2 Å². The highest BCUT2D eigenvalue weighted by Gasteiger charge is 2.63. The highest BCUT2D eigenvalue weighted by molar-refractivity contribution is 8.18. The predicted octanol–water partition coefficient (Wildman–Crippen LogP) is 4.30. The van der Waals surface area contributed by atoms with Gasteiger partial charge in [0.2, 0.25) is 10.0 Å². The van der Waals surface area contributed by atoms with Crippen molar-refractivity contribution in [1.29, 1.82) is 0 Å². The molecule has 158 valence electrons. The number of thioether (sulfide) groups is 1. The first kappa shape index (κ1) is 21.2. The fraction of sp³-hybridized carbons (Fsp3) is 0.286. The molecule has 4 rings (SSSR count). The fourth-order valence-corrected chi connectivity index (χ4v) is 6.97. The van der Waals surface area contributed by atoms with E-state index in [1.807, 2.05) is 12.1 Å². The number of hydrogen-bond donors (Lipinski definition) is 2. The second-order valence-electron chi connectivity index (χ2n) is 7.33. The molecule has 3 unspecified atom stereocenters. The van der Waals surface area contributed by atoms with Crippen LogP contribution < -0.4 is 9.46 Å². The molecule has 2 N–H and O–H groups in total. The summed E-state index contributed by atoms with van der Waals surface area (Å²) in [7, 11) is -2.44. The number of halogens is 1. The van der Waals surface area contributed by atoms with Gasteiger partial charge in [0.1, 0.15) is 15.5 Å². The lowest BCUT2D eigenvalue weighted by atomic mass is 10.1. The maximum atomic E-state index is 13.0. The standard InChI is InChI=1S/C21H20ClNO5S2/c1-28-16-4-2-3-14(11-16)17-12-21(17,20(24)25)23-30(26,27)19-10-9-18(29-19)13-5-7-15(22)8-6-13/h2-8,10-11,17-18,23H,9,12H2,1H3,(H,24,25). The molecule has 0 bridgehead atoms. The second-order valence-corrected chi connectivity index (χ2v) is 10.9. The van der Waals surface area contributed by atoms with Gasteiger partial charge in [-0.2, -0.15) is 4.72 Å². The Balaban J connectivity index is 1.52. The molecule has 2 aromatic carbocycles. The minimum absolute atomic E-state index is 0.0528. The molecule has 0 saturated heterocycles. The Morgan fingerprint density at radius 3 is 2.63 bits per heavy atom. The molecule has 1 aliphatic carbocycles. The first-order valence-corrected chi connectivity index (χ1v) is 12.0. The second kappa shape index (κ2) is 7.92. The Kier molecular flexibility index (Phi) is 5.61. The summed E-state index contributed by atoms with van der Waals surface area (Å²) >= 11 is 7.14. The van der Waals surface area contributed by atoms with Crippen LogP contribution in [-0.4, -0.2) is 32.1 Å². The van der Waals surface area contributed by atoms with Gasteiger partial charge in [0, 0.05) is 16.2 Å². The number of methoxy groups -OCH3 is 1. The van der Waals surface area contributed by atoms with Crippen molar-refractivity contribution in [3.05, 3.63) is 75.0 Å². The van der Waals surface area contributed by atoms with E-state index in [0.717, 1.165) is 11.1 Å². The van der Waals surface area contributed by atoms with Crippen LogP contribution in [0, 0.1) is 0 Å². The topological polar surface area (TPSA) is 92.7 Å². The summed E-state index contributed by atoms with van der Waals surface area (Å²) in [5.74, 6) is -1.04. The van der Waals surface area contributed by atoms with E-state index < -0.39 is 27.4 Å². The van der Waals surface area contributed by atoms with Crippen LogP contribution in [-0.2, 0) is 14.8 Å². The van der Waals surface area contributed by atoms with Crippen molar-refractivity contribution in [3.8, 4) is 5.75 Å². The summed E-state index contributed by atoms with van der Waals surface area (Å²) in [4.78, 5) is 12.0. The van der Waals surface area contributed by atoms with Gasteiger partial charge < -0.3 is 9.84 Å². The van der Waals surface area contributed by atoms with Gasteiger partial charge in [0.15, 0.2) is 0 Å². The van der Waals surface area contributed by atoms with Gasteiger partial charge in [-0.1, -0.05) is 41.9 Å². The number of nitrogens with one attached hydrogen (secondary N) is 1. The van der Waals surface area contributed by atoms with E-state index in [-0.39, 0.29) is 15.9 Å². The SMILES string of the molecule is COc1cccc(C2CC2(NS(=O)(=O)C2=CCC(c3ccc(Cl)cc3)S2)C(=O)O)c1. The quantitative estimate of drug-likeness (QED) is 0.633. The Labute approximate surface area is 184 Å². The van der Waals surface area contributed by atoms with E-state index in [2.05, 4.69) is 4.72 Å². The van der Waals surface area contributed by atoms with Gasteiger partial charge in [-0.3, -0.25) is 4.79 Å². The maximum absolute atomic E-state index is 13.0. The molecular weight excluding hydrogens is 446 g/mol. The number of carboxylic acids is 1. The fourth-order valence-electron chi connectivity index (χ4n) is 3.70. The summed E-state index contributed by atoms with van der Waals surface area (Å²) < 4.78 is 33.9. The normalized spacial score (nSPS) is 25.6. The number of rotatable bonds is 7. The van der Waals surface area contributed by atoms with Crippen molar-refractivity contribution in [2.45, 2.75) is 29.5 Å². The third-order valence-corrected chi connectivity index (χ3v) is 9.10. The number of sulfonamides is 1. The molecule has 6 nitrogen and oxygen atoms in total. The van der Waals surface area contributed by atoms with Crippen LogP contribution in [0.3, 0.4) is 0 Å². The summed E-state index contributed by atoms with van der Waals surface area (Å²) in [5.41, 5.74) is 0.149. The highest BCUT2D eigenvalue weighted by atomic mass is 35.5. The van der Waals surface area contributed by atoms with Gasteiger partial charge in [-0.25, -0.2) is 8.42 Å². The third-order valence-electron chi connectivity index (χ3n) is 5.42. The number of benzene rings is 2. The zero-order chi connectivity index (χ0) is 21.5. The number of ether oxygens (including phenoxy) is 1. The van der Waals surface area contributed by atoms with Crippen molar-refractivity contribution in [1.82, 2.24) is 4.72 Å². The Morgan fingerprint density at radius 1 is 1.23 bits per heavy atom. The molecule has 1 heterocycles. The summed E-state index contributed by atoms with van der Waals surface area (Å²) in [5, 5.41) is 10.4. The van der Waals surface area contributed by atoms with E-state index >= 15 is 0 Å². The predicted molar refractivity (Wildman–Crippen MR) is 117 cm³/mol. The average Bonchev–Trinajstić information content (AvgIpc) is 3.22. The molecule has 2 aliphatic rings. The molecule has 1 saturated carbocycles. The summed E-state index contributed by atoms with van der Waals surface area (Å²) in [6.45, 7) is 0. The molecule has 0 spiro atoms. The minimum atomic E-state index is -3.97. The average molecular weight is 466 g/mol. The zero-order valence-corrected chi connectivity index (χ0v) is 18.4. The molecule has 1 aliphatic heterocycles. The molecule has 9 heteroatoms. The molecule has 1 fully saturated rings. The van der Waals surface area contributed by atoms with Crippen LogP contribution in [0.15, 0.2) is 58.8 Å². The van der Waals surface area contributed by atoms with E-state index in [1.54, 1.807) is 42.5 Å². The van der Waals surface area contributed by atoms with Crippen LogP contribution in [0.5, 0.6) is 5.75 Å². The van der Waals surface area contributed by atoms with Crippen molar-refractivity contribution in [2.24, 2.45) is 0 Å². The van der Waals surface area contributed by atoms with Crippen LogP contribution in [0.4, 0.5) is 0 Å². The lowest BCUT2D eigenvalue weighted by Crippen LogP contribution is -2.44. The Morgan fingerprint density at radius 2 is 1.97 bits per heavy atom. The van der Waals surface area contributed by atoms with Crippen LogP contribution in [0.25, 0.3) is 0 Å². The molecular formula is C21H20ClNO5S2. The largest absolute Gasteiger partial charge is 0.497 e. The van der Waals surface area contributed by atoms with E-state index in [9.17, 15) is 18.3 Å². The maximum Gasteiger partial charge on any atom is 0.325 e. The monoisotopic (exact) mass is 465 g/mol. The molecule has 3 atom stereocenters. The van der Waals surface area contributed by atoms with Crippen LogP contribution in [0.2, 0.25) is 5.02 Å². The van der Waals surface area contributed by atoms with Gasteiger partial charge in [0.05, 0.1) is 7.11 Å². The van der Waals surface area contributed by atoms with Gasteiger partial charge in [0.25, 0.3) is 0 Å². The smallest absolute Gasteiger partial charge is 0.325 e. The summed E-state index contributed by atoms with van der Waals surface area (Å²) in [6, 6.07) is 14.3. The van der Waals surface area contributed by atoms with Gasteiger partial charge in [-0.05, 0) is 48.2 Å². The minimum Gasteiger partial charge on any atom is -0.497 e. The number of hydrogen-bond acceptors (Lipinski definition) is 5.